The number of benzene rings is 2. The predicted octanol–water partition coefficient (Wildman–Crippen LogP) is 3.62. The molecular weight excluding hydrogens is 304 g/mol. The molecule has 0 aliphatic carbocycles. The summed E-state index contributed by atoms with van der Waals surface area (Å²) in [5.41, 5.74) is 6.72. The lowest BCUT2D eigenvalue weighted by atomic mass is 10.0. The van der Waals surface area contributed by atoms with E-state index in [9.17, 15) is 4.79 Å². The number of nitrogens with zero attached hydrogens (tertiary/aromatic N) is 1. The van der Waals surface area contributed by atoms with Crippen LogP contribution in [-0.4, -0.2) is 17.1 Å². The Labute approximate surface area is 139 Å². The zero-order valence-corrected chi connectivity index (χ0v) is 13.6. The highest BCUT2D eigenvalue weighted by Gasteiger charge is 2.21. The van der Waals surface area contributed by atoms with Crippen LogP contribution in [0.15, 0.2) is 42.5 Å². The second-order valence-electron chi connectivity index (χ2n) is 5.72. The Morgan fingerprint density at radius 2 is 2.08 bits per heavy atom. The molecule has 0 saturated carbocycles. The van der Waals surface area contributed by atoms with Gasteiger partial charge in [0, 0.05) is 29.9 Å². The fraction of sp³-hybridized carbons (Fsp3) is 0.211. The molecule has 0 spiro atoms. The van der Waals surface area contributed by atoms with Crippen molar-refractivity contribution in [1.82, 2.24) is 10.0 Å². The summed E-state index contributed by atoms with van der Waals surface area (Å²) in [5, 5.41) is 2.26. The number of carbonyl (C=O) groups is 1. The number of nitrogens with one attached hydrogen (secondary N) is 1. The zero-order valence-electron chi connectivity index (χ0n) is 13.6. The van der Waals surface area contributed by atoms with Gasteiger partial charge in [0.15, 0.2) is 0 Å². The Kier molecular flexibility index (Phi) is 3.41. The van der Waals surface area contributed by atoms with E-state index in [1.807, 2.05) is 24.3 Å². The smallest absolute Gasteiger partial charge is 0.329 e. The molecule has 3 aromatic rings. The lowest BCUT2D eigenvalue weighted by Crippen LogP contribution is -2.20. The molecule has 5 nitrogen and oxygen atoms in total. The Hall–Kier alpha value is -2.95. The van der Waals surface area contributed by atoms with Gasteiger partial charge in [-0.25, -0.2) is 5.48 Å². The molecule has 0 amide bonds. The number of aromatic nitrogens is 1. The van der Waals surface area contributed by atoms with Crippen molar-refractivity contribution in [3.8, 4) is 5.75 Å². The van der Waals surface area contributed by atoms with Gasteiger partial charge in [0.2, 0.25) is 0 Å². The molecule has 0 bridgehead atoms. The minimum absolute atomic E-state index is 0.382. The minimum Gasteiger partial charge on any atom is -0.488 e. The fourth-order valence-electron chi connectivity index (χ4n) is 3.35. The number of para-hydroxylation sites is 1. The lowest BCUT2D eigenvalue weighted by Gasteiger charge is -2.20. The van der Waals surface area contributed by atoms with Crippen molar-refractivity contribution in [2.75, 3.05) is 6.61 Å². The van der Waals surface area contributed by atoms with E-state index in [-0.39, 0.29) is 5.97 Å². The van der Waals surface area contributed by atoms with Crippen LogP contribution in [0.3, 0.4) is 0 Å². The van der Waals surface area contributed by atoms with E-state index < -0.39 is 0 Å². The topological polar surface area (TPSA) is 52.5 Å². The Morgan fingerprint density at radius 1 is 1.25 bits per heavy atom. The van der Waals surface area contributed by atoms with Crippen molar-refractivity contribution < 1.29 is 14.4 Å². The van der Waals surface area contributed by atoms with Crippen LogP contribution in [-0.2, 0) is 16.2 Å². The number of fused-ring (bicyclic) bond motifs is 5. The SMILES string of the molecule is CCn1c2ccccc2c2c3c(ccc21)C(NOC(C)=O)=CCO3. The third kappa shape index (κ3) is 2.12. The number of ether oxygens (including phenoxy) is 1. The molecule has 0 unspecified atom stereocenters. The van der Waals surface area contributed by atoms with E-state index in [1.54, 1.807) is 0 Å². The van der Waals surface area contributed by atoms with Crippen LogP contribution in [0, 0.1) is 0 Å². The van der Waals surface area contributed by atoms with Gasteiger partial charge in [0.1, 0.15) is 12.4 Å². The molecule has 1 aliphatic heterocycles. The summed E-state index contributed by atoms with van der Waals surface area (Å²) in [6.45, 7) is 4.82. The number of hydrogen-bond acceptors (Lipinski definition) is 4. The number of carbonyl (C=O) groups excluding carboxylic acids is 1. The Balaban J connectivity index is 1.96. The molecule has 0 saturated heterocycles. The highest BCUT2D eigenvalue weighted by molar-refractivity contribution is 6.12. The van der Waals surface area contributed by atoms with E-state index in [2.05, 4.69) is 35.2 Å². The third-order valence-electron chi connectivity index (χ3n) is 4.32. The average Bonchev–Trinajstić information content (AvgIpc) is 2.93. The molecule has 0 fully saturated rings. The van der Waals surface area contributed by atoms with Crippen LogP contribution in [0.2, 0.25) is 0 Å². The average molecular weight is 322 g/mol. The highest BCUT2D eigenvalue weighted by atomic mass is 16.7. The molecule has 1 N–H and O–H groups in total. The van der Waals surface area contributed by atoms with Gasteiger partial charge >= 0.3 is 5.97 Å². The number of aryl methyl sites for hydroxylation is 1. The second-order valence-corrected chi connectivity index (χ2v) is 5.72. The largest absolute Gasteiger partial charge is 0.488 e. The van der Waals surface area contributed by atoms with Crippen LogP contribution in [0.4, 0.5) is 0 Å². The van der Waals surface area contributed by atoms with Crippen molar-refractivity contribution in [2.24, 2.45) is 0 Å². The van der Waals surface area contributed by atoms with E-state index in [0.717, 1.165) is 34.5 Å². The molecule has 2 aromatic carbocycles. The first-order valence-electron chi connectivity index (χ1n) is 8.01. The Morgan fingerprint density at radius 3 is 2.88 bits per heavy atom. The molecule has 2 heterocycles. The van der Waals surface area contributed by atoms with Crippen LogP contribution in [0.1, 0.15) is 19.4 Å². The normalized spacial score (nSPS) is 13.3. The summed E-state index contributed by atoms with van der Waals surface area (Å²) in [4.78, 5) is 16.0. The standard InChI is InChI=1S/C19H18N2O3/c1-3-21-16-7-5-4-6-14(16)18-17(21)9-8-13-15(20-24-12(2)22)10-11-23-19(13)18/h4-10,20H,3,11H2,1-2H3. The van der Waals surface area contributed by atoms with Crippen LogP contribution in [0.5, 0.6) is 5.75 Å². The third-order valence-corrected chi connectivity index (χ3v) is 4.32. The molecular formula is C19H18N2O3. The molecule has 0 radical (unpaired) electrons. The van der Waals surface area contributed by atoms with Gasteiger partial charge in [0.25, 0.3) is 0 Å². The van der Waals surface area contributed by atoms with E-state index in [0.29, 0.717) is 6.61 Å². The number of hydroxylamine groups is 1. The zero-order chi connectivity index (χ0) is 16.7. The molecule has 4 rings (SSSR count). The molecule has 1 aliphatic rings. The monoisotopic (exact) mass is 322 g/mol. The summed E-state index contributed by atoms with van der Waals surface area (Å²) >= 11 is 0. The first-order chi connectivity index (χ1) is 11.7. The van der Waals surface area contributed by atoms with Crippen LogP contribution < -0.4 is 10.2 Å². The summed E-state index contributed by atoms with van der Waals surface area (Å²) in [6, 6.07) is 12.4. The molecule has 122 valence electrons. The van der Waals surface area contributed by atoms with Crippen molar-refractivity contribution in [1.29, 1.82) is 0 Å². The number of hydrogen-bond donors (Lipinski definition) is 1. The minimum atomic E-state index is -0.382. The first kappa shape index (κ1) is 14.6. The summed E-state index contributed by atoms with van der Waals surface area (Å²) in [5.74, 6) is 0.445. The summed E-state index contributed by atoms with van der Waals surface area (Å²) in [6.07, 6.45) is 1.87. The van der Waals surface area contributed by atoms with Crippen LogP contribution in [0.25, 0.3) is 27.5 Å². The van der Waals surface area contributed by atoms with Gasteiger partial charge in [-0.1, -0.05) is 18.2 Å². The maximum absolute atomic E-state index is 11.1. The van der Waals surface area contributed by atoms with Crippen LogP contribution >= 0.6 is 0 Å². The van der Waals surface area contributed by atoms with Crippen molar-refractivity contribution in [2.45, 2.75) is 20.4 Å². The molecule has 1 aromatic heterocycles. The number of rotatable bonds is 3. The Bertz CT molecular complexity index is 985. The summed E-state index contributed by atoms with van der Waals surface area (Å²) in [7, 11) is 0. The van der Waals surface area contributed by atoms with Gasteiger partial charge in [-0.05, 0) is 31.2 Å². The van der Waals surface area contributed by atoms with E-state index in [1.165, 1.54) is 17.8 Å². The molecule has 24 heavy (non-hydrogen) atoms. The van der Waals surface area contributed by atoms with Gasteiger partial charge in [0.05, 0.1) is 16.6 Å². The van der Waals surface area contributed by atoms with Crippen molar-refractivity contribution in [3.63, 3.8) is 0 Å². The van der Waals surface area contributed by atoms with Gasteiger partial charge in [-0.2, -0.15) is 0 Å². The lowest BCUT2D eigenvalue weighted by molar-refractivity contribution is -0.145. The predicted molar refractivity (Wildman–Crippen MR) is 93.5 cm³/mol. The summed E-state index contributed by atoms with van der Waals surface area (Å²) < 4.78 is 8.25. The first-order valence-corrected chi connectivity index (χ1v) is 8.01. The van der Waals surface area contributed by atoms with Gasteiger partial charge in [-0.15, -0.1) is 0 Å². The van der Waals surface area contributed by atoms with Crippen molar-refractivity contribution >= 4 is 33.5 Å². The maximum atomic E-state index is 11.1. The van der Waals surface area contributed by atoms with E-state index in [4.69, 9.17) is 9.57 Å². The van der Waals surface area contributed by atoms with Crippen molar-refractivity contribution in [3.05, 3.63) is 48.0 Å². The highest BCUT2D eigenvalue weighted by Crippen LogP contribution is 2.41. The quantitative estimate of drug-likeness (QED) is 0.748. The van der Waals surface area contributed by atoms with Gasteiger partial charge in [-0.3, -0.25) is 4.79 Å². The van der Waals surface area contributed by atoms with E-state index >= 15 is 0 Å². The molecule has 0 atom stereocenters. The second kappa shape index (κ2) is 5.60. The molecule has 5 heteroatoms. The fourth-order valence-corrected chi connectivity index (χ4v) is 3.35. The van der Waals surface area contributed by atoms with Gasteiger partial charge < -0.3 is 14.1 Å². The maximum Gasteiger partial charge on any atom is 0.329 e.